The average Bonchev–Trinajstić information content (AvgIpc) is 2.85. The lowest BCUT2D eigenvalue weighted by atomic mass is 10.1. The fourth-order valence-corrected chi connectivity index (χ4v) is 3.22. The van der Waals surface area contributed by atoms with Gasteiger partial charge in [-0.05, 0) is 37.0 Å². The van der Waals surface area contributed by atoms with Gasteiger partial charge in [0.1, 0.15) is 0 Å². The highest BCUT2D eigenvalue weighted by atomic mass is 16.5. The molecule has 1 fully saturated rings. The first kappa shape index (κ1) is 12.9. The number of nitrogens with zero attached hydrogens (tertiary/aromatic N) is 2. The van der Waals surface area contributed by atoms with Gasteiger partial charge in [0.05, 0.1) is 13.2 Å². The van der Waals surface area contributed by atoms with Crippen LogP contribution >= 0.6 is 0 Å². The summed E-state index contributed by atoms with van der Waals surface area (Å²) in [6.45, 7) is 9.86. The lowest BCUT2D eigenvalue weighted by Gasteiger charge is -2.27. The second kappa shape index (κ2) is 5.93. The van der Waals surface area contributed by atoms with Crippen LogP contribution in [0.25, 0.3) is 0 Å². The summed E-state index contributed by atoms with van der Waals surface area (Å²) in [7, 11) is 0. The zero-order valence-corrected chi connectivity index (χ0v) is 11.9. The topological polar surface area (TPSA) is 15.7 Å². The molecule has 3 rings (SSSR count). The van der Waals surface area contributed by atoms with Crippen LogP contribution in [0.15, 0.2) is 18.2 Å². The standard InChI is InChI=1S/C16H24N2O/c1-14-4-2-5-16-15(14)6-9-18(16)8-3-7-17-10-12-19-13-11-17/h2,4-5H,3,6-13H2,1H3. The maximum Gasteiger partial charge on any atom is 0.0594 e. The minimum atomic E-state index is 0.908. The molecule has 104 valence electrons. The van der Waals surface area contributed by atoms with Gasteiger partial charge in [0.25, 0.3) is 0 Å². The molecule has 19 heavy (non-hydrogen) atoms. The summed E-state index contributed by atoms with van der Waals surface area (Å²) in [5, 5.41) is 0. The molecule has 0 saturated carbocycles. The third-order valence-corrected chi connectivity index (χ3v) is 4.36. The van der Waals surface area contributed by atoms with Gasteiger partial charge < -0.3 is 9.64 Å². The fourth-order valence-electron chi connectivity index (χ4n) is 3.22. The third kappa shape index (κ3) is 2.93. The largest absolute Gasteiger partial charge is 0.379 e. The Bertz CT molecular complexity index is 427. The molecule has 0 bridgehead atoms. The van der Waals surface area contributed by atoms with Gasteiger partial charge in [-0.1, -0.05) is 12.1 Å². The lowest BCUT2D eigenvalue weighted by molar-refractivity contribution is 0.0376. The van der Waals surface area contributed by atoms with Crippen molar-refractivity contribution in [3.8, 4) is 0 Å². The van der Waals surface area contributed by atoms with Crippen LogP contribution in [0.3, 0.4) is 0 Å². The Hall–Kier alpha value is -1.06. The van der Waals surface area contributed by atoms with Crippen molar-refractivity contribution in [2.24, 2.45) is 0 Å². The van der Waals surface area contributed by atoms with Crippen LogP contribution in [0.1, 0.15) is 17.5 Å². The van der Waals surface area contributed by atoms with Gasteiger partial charge in [0, 0.05) is 38.4 Å². The zero-order chi connectivity index (χ0) is 13.1. The van der Waals surface area contributed by atoms with Crippen molar-refractivity contribution in [2.45, 2.75) is 19.8 Å². The van der Waals surface area contributed by atoms with E-state index in [4.69, 9.17) is 4.74 Å². The summed E-state index contributed by atoms with van der Waals surface area (Å²) >= 11 is 0. The molecule has 0 aromatic heterocycles. The van der Waals surface area contributed by atoms with Crippen LogP contribution in [0, 0.1) is 6.92 Å². The molecule has 1 aromatic rings. The number of benzene rings is 1. The first-order chi connectivity index (χ1) is 9.34. The van der Waals surface area contributed by atoms with E-state index in [2.05, 4.69) is 34.9 Å². The molecule has 0 unspecified atom stereocenters. The Labute approximate surface area is 116 Å². The van der Waals surface area contributed by atoms with E-state index in [0.717, 1.165) is 26.3 Å². The van der Waals surface area contributed by atoms with Gasteiger partial charge in [-0.3, -0.25) is 4.90 Å². The van der Waals surface area contributed by atoms with Crippen LogP contribution in [0.4, 0.5) is 5.69 Å². The molecule has 2 aliphatic heterocycles. The Morgan fingerprint density at radius 2 is 1.95 bits per heavy atom. The number of hydrogen-bond acceptors (Lipinski definition) is 3. The van der Waals surface area contributed by atoms with Gasteiger partial charge in [0.15, 0.2) is 0 Å². The number of ether oxygens (including phenoxy) is 1. The van der Waals surface area contributed by atoms with E-state index >= 15 is 0 Å². The lowest BCUT2D eigenvalue weighted by Crippen LogP contribution is -2.38. The highest BCUT2D eigenvalue weighted by molar-refractivity contribution is 5.60. The first-order valence-electron chi connectivity index (χ1n) is 7.48. The maximum absolute atomic E-state index is 5.39. The minimum Gasteiger partial charge on any atom is -0.379 e. The van der Waals surface area contributed by atoms with Gasteiger partial charge in [0.2, 0.25) is 0 Å². The molecule has 0 amide bonds. The van der Waals surface area contributed by atoms with Crippen molar-refractivity contribution < 1.29 is 4.74 Å². The predicted octanol–water partition coefficient (Wildman–Crippen LogP) is 2.08. The Morgan fingerprint density at radius 1 is 1.11 bits per heavy atom. The molecule has 2 aliphatic rings. The second-order valence-corrected chi connectivity index (χ2v) is 5.62. The fraction of sp³-hybridized carbons (Fsp3) is 0.625. The van der Waals surface area contributed by atoms with Crippen molar-refractivity contribution in [1.29, 1.82) is 0 Å². The van der Waals surface area contributed by atoms with Crippen LogP contribution < -0.4 is 4.90 Å². The number of morpholine rings is 1. The Balaban J connectivity index is 1.51. The average molecular weight is 260 g/mol. The summed E-state index contributed by atoms with van der Waals surface area (Å²) in [5.41, 5.74) is 4.49. The highest BCUT2D eigenvalue weighted by Gasteiger charge is 2.20. The minimum absolute atomic E-state index is 0.908. The van der Waals surface area contributed by atoms with E-state index in [1.54, 1.807) is 5.56 Å². The summed E-state index contributed by atoms with van der Waals surface area (Å²) in [6.07, 6.45) is 2.48. The molecule has 2 heterocycles. The molecule has 0 spiro atoms. The molecular weight excluding hydrogens is 236 g/mol. The molecule has 1 saturated heterocycles. The van der Waals surface area contributed by atoms with E-state index in [-0.39, 0.29) is 0 Å². The van der Waals surface area contributed by atoms with Crippen molar-refractivity contribution >= 4 is 5.69 Å². The Morgan fingerprint density at radius 3 is 2.79 bits per heavy atom. The smallest absolute Gasteiger partial charge is 0.0594 e. The molecule has 3 heteroatoms. The van der Waals surface area contributed by atoms with E-state index < -0.39 is 0 Å². The van der Waals surface area contributed by atoms with Crippen molar-refractivity contribution in [1.82, 2.24) is 4.90 Å². The molecular formula is C16H24N2O. The van der Waals surface area contributed by atoms with Gasteiger partial charge in [-0.15, -0.1) is 0 Å². The summed E-state index contributed by atoms with van der Waals surface area (Å²) < 4.78 is 5.39. The van der Waals surface area contributed by atoms with Crippen molar-refractivity contribution in [3.05, 3.63) is 29.3 Å². The van der Waals surface area contributed by atoms with Crippen LogP contribution in [0.5, 0.6) is 0 Å². The highest BCUT2D eigenvalue weighted by Crippen LogP contribution is 2.30. The molecule has 1 aromatic carbocycles. The Kier molecular flexibility index (Phi) is 4.04. The summed E-state index contributed by atoms with van der Waals surface area (Å²) in [6, 6.07) is 6.70. The molecule has 0 atom stereocenters. The first-order valence-corrected chi connectivity index (χ1v) is 7.48. The van der Waals surface area contributed by atoms with E-state index in [1.165, 1.54) is 43.7 Å². The number of anilines is 1. The van der Waals surface area contributed by atoms with Gasteiger partial charge in [-0.25, -0.2) is 0 Å². The molecule has 0 radical (unpaired) electrons. The zero-order valence-electron chi connectivity index (χ0n) is 11.9. The quantitative estimate of drug-likeness (QED) is 0.824. The van der Waals surface area contributed by atoms with Crippen LogP contribution in [-0.2, 0) is 11.2 Å². The number of fused-ring (bicyclic) bond motifs is 1. The predicted molar refractivity (Wildman–Crippen MR) is 79.0 cm³/mol. The summed E-state index contributed by atoms with van der Waals surface area (Å²) in [4.78, 5) is 5.08. The molecule has 0 aliphatic carbocycles. The van der Waals surface area contributed by atoms with E-state index in [9.17, 15) is 0 Å². The second-order valence-electron chi connectivity index (χ2n) is 5.62. The third-order valence-electron chi connectivity index (χ3n) is 4.36. The number of rotatable bonds is 4. The van der Waals surface area contributed by atoms with E-state index in [1.807, 2.05) is 0 Å². The number of aryl methyl sites for hydroxylation is 1. The normalized spacial score (nSPS) is 19.7. The van der Waals surface area contributed by atoms with Crippen LogP contribution in [0.2, 0.25) is 0 Å². The monoisotopic (exact) mass is 260 g/mol. The van der Waals surface area contributed by atoms with Gasteiger partial charge >= 0.3 is 0 Å². The van der Waals surface area contributed by atoms with Crippen LogP contribution in [-0.4, -0.2) is 50.8 Å². The molecule has 0 N–H and O–H groups in total. The van der Waals surface area contributed by atoms with Gasteiger partial charge in [-0.2, -0.15) is 0 Å². The van der Waals surface area contributed by atoms with Crippen molar-refractivity contribution in [3.63, 3.8) is 0 Å². The molecule has 3 nitrogen and oxygen atoms in total. The maximum atomic E-state index is 5.39. The summed E-state index contributed by atoms with van der Waals surface area (Å²) in [5.74, 6) is 0. The van der Waals surface area contributed by atoms with Crippen molar-refractivity contribution in [2.75, 3.05) is 50.8 Å². The van der Waals surface area contributed by atoms with E-state index in [0.29, 0.717) is 0 Å². The number of hydrogen-bond donors (Lipinski definition) is 0. The SMILES string of the molecule is Cc1cccc2c1CCN2CCCN1CCOCC1.